The van der Waals surface area contributed by atoms with Crippen molar-refractivity contribution in [2.45, 2.75) is 70.2 Å². The van der Waals surface area contributed by atoms with Gasteiger partial charge in [0.2, 0.25) is 10.0 Å². The van der Waals surface area contributed by atoms with Crippen LogP contribution in [0.5, 0.6) is 0 Å². The third-order valence-electron chi connectivity index (χ3n) is 3.77. The fourth-order valence-electron chi connectivity index (χ4n) is 2.35. The molecule has 0 fully saturated rings. The number of carbonyl (C=O) groups excluding carboxylic acids is 1. The molecule has 6 heteroatoms. The number of ether oxygens (including phenoxy) is 1. The van der Waals surface area contributed by atoms with Crippen LogP contribution in [0, 0.1) is 0 Å². The van der Waals surface area contributed by atoms with Gasteiger partial charge in [0.05, 0.1) is 11.5 Å². The van der Waals surface area contributed by atoms with Gasteiger partial charge in [0, 0.05) is 0 Å². The Labute approximate surface area is 145 Å². The van der Waals surface area contributed by atoms with Crippen molar-refractivity contribution in [1.29, 1.82) is 0 Å². The first-order valence-electron chi connectivity index (χ1n) is 8.72. The fourth-order valence-corrected chi connectivity index (χ4v) is 3.57. The molecule has 0 aliphatic carbocycles. The van der Waals surface area contributed by atoms with Gasteiger partial charge in [-0.15, -0.1) is 0 Å². The maximum absolute atomic E-state index is 12.5. The average molecular weight is 356 g/mol. The highest BCUT2D eigenvalue weighted by atomic mass is 32.2. The van der Waals surface area contributed by atoms with E-state index in [-0.39, 0.29) is 11.5 Å². The zero-order valence-corrected chi connectivity index (χ0v) is 15.7. The average Bonchev–Trinajstić information content (AvgIpc) is 2.57. The Hall–Kier alpha value is -1.40. The van der Waals surface area contributed by atoms with E-state index >= 15 is 0 Å². The van der Waals surface area contributed by atoms with Crippen molar-refractivity contribution in [3.63, 3.8) is 0 Å². The summed E-state index contributed by atoms with van der Waals surface area (Å²) in [5.74, 6) is -0.519. The molecule has 5 nitrogen and oxygen atoms in total. The number of aryl methyl sites for hydroxylation is 1. The van der Waals surface area contributed by atoms with E-state index < -0.39 is 22.0 Å². The number of rotatable bonds is 11. The zero-order chi connectivity index (χ0) is 18.0. The van der Waals surface area contributed by atoms with Crippen molar-refractivity contribution >= 4 is 16.0 Å². The van der Waals surface area contributed by atoms with Crippen LogP contribution >= 0.6 is 0 Å². The second kappa shape index (κ2) is 10.5. The van der Waals surface area contributed by atoms with E-state index in [9.17, 15) is 13.2 Å². The summed E-state index contributed by atoms with van der Waals surface area (Å²) in [5, 5.41) is 0. The summed E-state index contributed by atoms with van der Waals surface area (Å²) in [6, 6.07) is 6.00. The summed E-state index contributed by atoms with van der Waals surface area (Å²) in [6.07, 6.45) is 5.17. The maximum Gasteiger partial charge on any atom is 0.324 e. The molecule has 1 aromatic rings. The third kappa shape index (κ3) is 6.61. The van der Waals surface area contributed by atoms with E-state index in [1.807, 2.05) is 19.1 Å². The molecule has 1 atom stereocenters. The van der Waals surface area contributed by atoms with Crippen LogP contribution in [0.15, 0.2) is 29.2 Å². The molecule has 24 heavy (non-hydrogen) atoms. The first kappa shape index (κ1) is 20.6. The van der Waals surface area contributed by atoms with Crippen LogP contribution < -0.4 is 4.72 Å². The lowest BCUT2D eigenvalue weighted by atomic mass is 10.1. The molecule has 136 valence electrons. The van der Waals surface area contributed by atoms with E-state index in [0.29, 0.717) is 6.42 Å². The van der Waals surface area contributed by atoms with Gasteiger partial charge in [-0.05, 0) is 43.9 Å². The minimum atomic E-state index is -3.74. The molecule has 0 heterocycles. The molecule has 0 aliphatic rings. The largest absolute Gasteiger partial charge is 0.465 e. The number of sulfonamides is 1. The Morgan fingerprint density at radius 1 is 1.08 bits per heavy atom. The van der Waals surface area contributed by atoms with Gasteiger partial charge in [0.1, 0.15) is 6.04 Å². The van der Waals surface area contributed by atoms with Crippen LogP contribution in [0.3, 0.4) is 0 Å². The van der Waals surface area contributed by atoms with Crippen LogP contribution in [-0.4, -0.2) is 27.0 Å². The van der Waals surface area contributed by atoms with Crippen molar-refractivity contribution < 1.29 is 17.9 Å². The van der Waals surface area contributed by atoms with Crippen molar-refractivity contribution in [2.75, 3.05) is 6.61 Å². The summed E-state index contributed by atoms with van der Waals surface area (Å²) in [5.41, 5.74) is 1.11. The summed E-state index contributed by atoms with van der Waals surface area (Å²) in [6.45, 7) is 6.05. The van der Waals surface area contributed by atoms with E-state index in [2.05, 4.69) is 11.6 Å². The first-order valence-corrected chi connectivity index (χ1v) is 10.2. The zero-order valence-electron chi connectivity index (χ0n) is 14.9. The molecule has 0 radical (unpaired) electrons. The van der Waals surface area contributed by atoms with Crippen LogP contribution in [0.4, 0.5) is 0 Å². The SMILES string of the molecule is CCCCc1ccc(S(=O)(=O)NC(CCCC)C(=O)OCC)cc1. The fraction of sp³-hybridized carbons (Fsp3) is 0.611. The Morgan fingerprint density at radius 2 is 1.71 bits per heavy atom. The first-order chi connectivity index (χ1) is 11.4. The molecule has 1 N–H and O–H groups in total. The number of benzene rings is 1. The van der Waals surface area contributed by atoms with Crippen LogP contribution in [0.2, 0.25) is 0 Å². The number of esters is 1. The van der Waals surface area contributed by atoms with Gasteiger partial charge in [-0.1, -0.05) is 45.2 Å². The standard InChI is InChI=1S/C18H29NO4S/c1-4-7-9-15-11-13-16(14-12-15)24(21,22)19-17(10-8-5-2)18(20)23-6-3/h11-14,17,19H,4-10H2,1-3H3. The van der Waals surface area contributed by atoms with Gasteiger partial charge < -0.3 is 4.74 Å². The molecule has 0 spiro atoms. The summed E-state index contributed by atoms with van der Waals surface area (Å²) in [7, 11) is -3.74. The number of hydrogen-bond acceptors (Lipinski definition) is 4. The van der Waals surface area contributed by atoms with E-state index in [1.54, 1.807) is 19.1 Å². The van der Waals surface area contributed by atoms with Crippen LogP contribution in [-0.2, 0) is 26.0 Å². The predicted molar refractivity (Wildman–Crippen MR) is 95.3 cm³/mol. The molecular weight excluding hydrogens is 326 g/mol. The minimum Gasteiger partial charge on any atom is -0.465 e. The lowest BCUT2D eigenvalue weighted by Crippen LogP contribution is -2.41. The molecule has 0 aliphatic heterocycles. The van der Waals surface area contributed by atoms with E-state index in [4.69, 9.17) is 4.74 Å². The smallest absolute Gasteiger partial charge is 0.324 e. The molecular formula is C18H29NO4S. The van der Waals surface area contributed by atoms with Crippen molar-refractivity contribution in [3.8, 4) is 0 Å². The predicted octanol–water partition coefficient (Wildman–Crippen LogP) is 3.43. The van der Waals surface area contributed by atoms with E-state index in [1.165, 1.54) is 0 Å². The van der Waals surface area contributed by atoms with Gasteiger partial charge in [-0.2, -0.15) is 4.72 Å². The quantitative estimate of drug-likeness (QED) is 0.617. The number of hydrogen-bond donors (Lipinski definition) is 1. The van der Waals surface area contributed by atoms with Crippen molar-refractivity contribution in [1.82, 2.24) is 4.72 Å². The molecule has 0 bridgehead atoms. The summed E-state index contributed by atoms with van der Waals surface area (Å²) < 4.78 is 32.5. The number of carbonyl (C=O) groups is 1. The molecule has 1 rings (SSSR count). The molecule has 0 saturated heterocycles. The minimum absolute atomic E-state index is 0.175. The molecule has 1 unspecified atom stereocenters. The number of unbranched alkanes of at least 4 members (excludes halogenated alkanes) is 2. The Kier molecular flexibility index (Phi) is 9.00. The topological polar surface area (TPSA) is 72.5 Å². The highest BCUT2D eigenvalue weighted by Crippen LogP contribution is 2.14. The van der Waals surface area contributed by atoms with Gasteiger partial charge >= 0.3 is 5.97 Å². The van der Waals surface area contributed by atoms with Crippen molar-refractivity contribution in [2.24, 2.45) is 0 Å². The molecule has 0 saturated carbocycles. The summed E-state index contributed by atoms with van der Waals surface area (Å²) >= 11 is 0. The van der Waals surface area contributed by atoms with Gasteiger partial charge in [0.25, 0.3) is 0 Å². The van der Waals surface area contributed by atoms with Crippen LogP contribution in [0.25, 0.3) is 0 Å². The monoisotopic (exact) mass is 355 g/mol. The Bertz CT molecular complexity index is 596. The van der Waals surface area contributed by atoms with E-state index in [0.717, 1.165) is 37.7 Å². The lowest BCUT2D eigenvalue weighted by Gasteiger charge is -2.17. The summed E-state index contributed by atoms with van der Waals surface area (Å²) in [4.78, 5) is 12.2. The van der Waals surface area contributed by atoms with Crippen molar-refractivity contribution in [3.05, 3.63) is 29.8 Å². The Balaban J connectivity index is 2.85. The maximum atomic E-state index is 12.5. The highest BCUT2D eigenvalue weighted by Gasteiger charge is 2.26. The third-order valence-corrected chi connectivity index (χ3v) is 5.26. The van der Waals surface area contributed by atoms with Crippen LogP contribution in [0.1, 0.15) is 58.4 Å². The van der Waals surface area contributed by atoms with Gasteiger partial charge in [-0.25, -0.2) is 8.42 Å². The normalized spacial score (nSPS) is 12.8. The molecule has 1 aromatic carbocycles. The van der Waals surface area contributed by atoms with Gasteiger partial charge in [-0.3, -0.25) is 4.79 Å². The second-order valence-electron chi connectivity index (χ2n) is 5.82. The second-order valence-corrected chi connectivity index (χ2v) is 7.53. The Morgan fingerprint density at radius 3 is 2.25 bits per heavy atom. The highest BCUT2D eigenvalue weighted by molar-refractivity contribution is 7.89. The number of nitrogens with one attached hydrogen (secondary N) is 1. The lowest BCUT2D eigenvalue weighted by molar-refractivity contribution is -0.145. The van der Waals surface area contributed by atoms with Gasteiger partial charge in [0.15, 0.2) is 0 Å². The molecule has 0 amide bonds. The molecule has 0 aromatic heterocycles.